The highest BCUT2D eigenvalue weighted by Gasteiger charge is 2.32. The largest absolute Gasteiger partial charge is 0.300 e. The lowest BCUT2D eigenvalue weighted by Crippen LogP contribution is -2.04. The molecule has 0 aromatic rings. The minimum absolute atomic E-state index is 0.530. The van der Waals surface area contributed by atoms with Crippen LogP contribution in [0, 0.1) is 11.8 Å². The van der Waals surface area contributed by atoms with Gasteiger partial charge in [0, 0.05) is 12.8 Å². The SMILES string of the molecule is O=C1C[C@H]2CCCCC[C@H]2C1. The lowest BCUT2D eigenvalue weighted by atomic mass is 9.92. The Morgan fingerprint density at radius 2 is 1.45 bits per heavy atom. The number of carbonyl (C=O) groups is 1. The van der Waals surface area contributed by atoms with Crippen molar-refractivity contribution >= 4 is 5.78 Å². The first kappa shape index (κ1) is 7.33. The Labute approximate surface area is 68.2 Å². The topological polar surface area (TPSA) is 17.1 Å². The Balaban J connectivity index is 2.01. The normalized spacial score (nSPS) is 38.4. The summed E-state index contributed by atoms with van der Waals surface area (Å²) >= 11 is 0. The van der Waals surface area contributed by atoms with Crippen LogP contribution in [0.15, 0.2) is 0 Å². The Morgan fingerprint density at radius 1 is 0.909 bits per heavy atom. The molecule has 2 fully saturated rings. The van der Waals surface area contributed by atoms with Gasteiger partial charge in [0.25, 0.3) is 0 Å². The van der Waals surface area contributed by atoms with E-state index in [1.807, 2.05) is 0 Å². The molecule has 62 valence electrons. The second-order valence-electron chi connectivity index (χ2n) is 4.11. The van der Waals surface area contributed by atoms with E-state index in [9.17, 15) is 4.79 Å². The first-order valence-electron chi connectivity index (χ1n) is 4.88. The lowest BCUT2D eigenvalue weighted by Gasteiger charge is -2.13. The van der Waals surface area contributed by atoms with Crippen molar-refractivity contribution in [2.45, 2.75) is 44.9 Å². The first-order chi connectivity index (χ1) is 5.36. The fraction of sp³-hybridized carbons (Fsp3) is 0.900. The molecular weight excluding hydrogens is 136 g/mol. The molecule has 0 bridgehead atoms. The summed E-state index contributed by atoms with van der Waals surface area (Å²) in [6, 6.07) is 0. The zero-order valence-electron chi connectivity index (χ0n) is 7.01. The van der Waals surface area contributed by atoms with E-state index in [-0.39, 0.29) is 0 Å². The van der Waals surface area contributed by atoms with Gasteiger partial charge in [0.1, 0.15) is 5.78 Å². The fourth-order valence-corrected chi connectivity index (χ4v) is 2.67. The molecule has 0 heterocycles. The number of Topliss-reactive ketones (excluding diaryl/α,β-unsaturated/α-hetero) is 1. The van der Waals surface area contributed by atoms with E-state index in [4.69, 9.17) is 0 Å². The molecule has 2 aliphatic carbocycles. The second kappa shape index (κ2) is 2.96. The number of carbonyl (C=O) groups excluding carboxylic acids is 1. The van der Waals surface area contributed by atoms with E-state index in [0.29, 0.717) is 5.78 Å². The highest BCUT2D eigenvalue weighted by atomic mass is 16.1. The van der Waals surface area contributed by atoms with Crippen molar-refractivity contribution in [3.8, 4) is 0 Å². The van der Waals surface area contributed by atoms with Crippen molar-refractivity contribution < 1.29 is 4.79 Å². The quantitative estimate of drug-likeness (QED) is 0.521. The van der Waals surface area contributed by atoms with Gasteiger partial charge >= 0.3 is 0 Å². The zero-order valence-corrected chi connectivity index (χ0v) is 7.01. The van der Waals surface area contributed by atoms with Crippen LogP contribution in [0.1, 0.15) is 44.9 Å². The number of ketones is 1. The molecule has 0 amide bonds. The molecule has 0 N–H and O–H groups in total. The molecule has 1 heteroatoms. The average molecular weight is 152 g/mol. The van der Waals surface area contributed by atoms with Gasteiger partial charge in [-0.1, -0.05) is 19.3 Å². The predicted molar refractivity (Wildman–Crippen MR) is 44.3 cm³/mol. The maximum absolute atomic E-state index is 11.1. The molecule has 0 aromatic heterocycles. The third-order valence-electron chi connectivity index (χ3n) is 3.30. The third kappa shape index (κ3) is 1.47. The van der Waals surface area contributed by atoms with Gasteiger partial charge in [-0.25, -0.2) is 0 Å². The van der Waals surface area contributed by atoms with Crippen LogP contribution in [0.2, 0.25) is 0 Å². The molecule has 0 spiro atoms. The molecule has 2 atom stereocenters. The first-order valence-corrected chi connectivity index (χ1v) is 4.88. The Kier molecular flexibility index (Phi) is 1.97. The van der Waals surface area contributed by atoms with Crippen LogP contribution in [0.5, 0.6) is 0 Å². The predicted octanol–water partition coefficient (Wildman–Crippen LogP) is 2.55. The van der Waals surface area contributed by atoms with E-state index < -0.39 is 0 Å². The minimum Gasteiger partial charge on any atom is -0.300 e. The molecule has 0 saturated heterocycles. The lowest BCUT2D eigenvalue weighted by molar-refractivity contribution is -0.117. The summed E-state index contributed by atoms with van der Waals surface area (Å²) in [5.41, 5.74) is 0. The maximum atomic E-state index is 11.1. The standard InChI is InChI=1S/C10H16O/c11-10-6-8-4-2-1-3-5-9(8)7-10/h8-9H,1-7H2/t8-,9+. The number of hydrogen-bond acceptors (Lipinski definition) is 1. The van der Waals surface area contributed by atoms with Gasteiger partial charge < -0.3 is 0 Å². The Bertz CT molecular complexity index is 146. The molecule has 2 saturated carbocycles. The van der Waals surface area contributed by atoms with Crippen LogP contribution in [-0.4, -0.2) is 5.78 Å². The van der Waals surface area contributed by atoms with Gasteiger partial charge in [-0.2, -0.15) is 0 Å². The van der Waals surface area contributed by atoms with Crippen LogP contribution in [0.4, 0.5) is 0 Å². The molecular formula is C10H16O. The van der Waals surface area contributed by atoms with Gasteiger partial charge in [-0.05, 0) is 24.7 Å². The van der Waals surface area contributed by atoms with E-state index in [2.05, 4.69) is 0 Å². The van der Waals surface area contributed by atoms with Gasteiger partial charge in [0.05, 0.1) is 0 Å². The molecule has 1 nitrogen and oxygen atoms in total. The monoisotopic (exact) mass is 152 g/mol. The van der Waals surface area contributed by atoms with Crippen molar-refractivity contribution in [1.82, 2.24) is 0 Å². The molecule has 0 unspecified atom stereocenters. The third-order valence-corrected chi connectivity index (χ3v) is 3.30. The molecule has 0 radical (unpaired) electrons. The van der Waals surface area contributed by atoms with Crippen molar-refractivity contribution in [2.24, 2.45) is 11.8 Å². The Hall–Kier alpha value is -0.330. The van der Waals surface area contributed by atoms with E-state index in [1.165, 1.54) is 32.1 Å². The summed E-state index contributed by atoms with van der Waals surface area (Å²) in [7, 11) is 0. The van der Waals surface area contributed by atoms with Crippen LogP contribution in [-0.2, 0) is 4.79 Å². The van der Waals surface area contributed by atoms with Gasteiger partial charge in [-0.15, -0.1) is 0 Å². The molecule has 11 heavy (non-hydrogen) atoms. The van der Waals surface area contributed by atoms with Crippen LogP contribution >= 0.6 is 0 Å². The van der Waals surface area contributed by atoms with E-state index in [0.717, 1.165) is 24.7 Å². The van der Waals surface area contributed by atoms with Gasteiger partial charge in [-0.3, -0.25) is 4.79 Å². The summed E-state index contributed by atoms with van der Waals surface area (Å²) in [6.07, 6.45) is 8.62. The Morgan fingerprint density at radius 3 is 2.00 bits per heavy atom. The van der Waals surface area contributed by atoms with Crippen molar-refractivity contribution in [3.63, 3.8) is 0 Å². The molecule has 2 rings (SSSR count). The smallest absolute Gasteiger partial charge is 0.133 e. The van der Waals surface area contributed by atoms with Crippen LogP contribution in [0.25, 0.3) is 0 Å². The van der Waals surface area contributed by atoms with Gasteiger partial charge in [0.15, 0.2) is 0 Å². The fourth-order valence-electron chi connectivity index (χ4n) is 2.67. The summed E-state index contributed by atoms with van der Waals surface area (Å²) in [4.78, 5) is 11.1. The van der Waals surface area contributed by atoms with Gasteiger partial charge in [0.2, 0.25) is 0 Å². The average Bonchev–Trinajstić information content (AvgIpc) is 2.17. The summed E-state index contributed by atoms with van der Waals surface area (Å²) in [6.45, 7) is 0. The molecule has 0 aromatic carbocycles. The second-order valence-corrected chi connectivity index (χ2v) is 4.11. The maximum Gasteiger partial charge on any atom is 0.133 e. The summed E-state index contributed by atoms with van der Waals surface area (Å²) in [5.74, 6) is 2.09. The van der Waals surface area contributed by atoms with Crippen LogP contribution in [0.3, 0.4) is 0 Å². The number of hydrogen-bond donors (Lipinski definition) is 0. The number of fused-ring (bicyclic) bond motifs is 1. The number of rotatable bonds is 0. The van der Waals surface area contributed by atoms with E-state index in [1.54, 1.807) is 0 Å². The van der Waals surface area contributed by atoms with E-state index >= 15 is 0 Å². The van der Waals surface area contributed by atoms with Crippen LogP contribution < -0.4 is 0 Å². The molecule has 2 aliphatic rings. The van der Waals surface area contributed by atoms with Crippen molar-refractivity contribution in [2.75, 3.05) is 0 Å². The minimum atomic E-state index is 0.530. The summed E-state index contributed by atoms with van der Waals surface area (Å²) in [5, 5.41) is 0. The summed E-state index contributed by atoms with van der Waals surface area (Å²) < 4.78 is 0. The zero-order chi connectivity index (χ0) is 7.68. The molecule has 0 aliphatic heterocycles. The van der Waals surface area contributed by atoms with Crippen molar-refractivity contribution in [1.29, 1.82) is 0 Å². The highest BCUT2D eigenvalue weighted by molar-refractivity contribution is 5.81. The van der Waals surface area contributed by atoms with Crippen molar-refractivity contribution in [3.05, 3.63) is 0 Å². The highest BCUT2D eigenvalue weighted by Crippen LogP contribution is 2.38.